The summed E-state index contributed by atoms with van der Waals surface area (Å²) in [6.07, 6.45) is 4.89. The van der Waals surface area contributed by atoms with Crippen molar-refractivity contribution in [3.05, 3.63) is 0 Å². The SMILES string of the molecule is CC(C)(C)C#CCC1CCCCC1=O. The summed E-state index contributed by atoms with van der Waals surface area (Å²) in [4.78, 5) is 11.5. The average molecular weight is 192 g/mol. The average Bonchev–Trinajstić information content (AvgIpc) is 2.06. The van der Waals surface area contributed by atoms with E-state index in [9.17, 15) is 4.79 Å². The van der Waals surface area contributed by atoms with Crippen LogP contribution in [-0.4, -0.2) is 5.78 Å². The van der Waals surface area contributed by atoms with Crippen LogP contribution in [0, 0.1) is 23.2 Å². The summed E-state index contributed by atoms with van der Waals surface area (Å²) in [5.41, 5.74) is 0.0672. The molecule has 0 aliphatic heterocycles. The maximum Gasteiger partial charge on any atom is 0.136 e. The minimum Gasteiger partial charge on any atom is -0.299 e. The molecule has 0 radical (unpaired) electrons. The van der Waals surface area contributed by atoms with Crippen LogP contribution in [0.4, 0.5) is 0 Å². The Bertz CT molecular complexity index is 259. The van der Waals surface area contributed by atoms with Crippen molar-refractivity contribution in [2.24, 2.45) is 11.3 Å². The number of hydrogen-bond acceptors (Lipinski definition) is 1. The van der Waals surface area contributed by atoms with Gasteiger partial charge >= 0.3 is 0 Å². The lowest BCUT2D eigenvalue weighted by atomic mass is 9.85. The van der Waals surface area contributed by atoms with Crippen molar-refractivity contribution in [1.82, 2.24) is 0 Å². The Kier molecular flexibility index (Phi) is 3.75. The molecule has 78 valence electrons. The zero-order chi connectivity index (χ0) is 10.6. The van der Waals surface area contributed by atoms with Gasteiger partial charge in [0.25, 0.3) is 0 Å². The molecule has 0 aromatic heterocycles. The number of carbonyl (C=O) groups is 1. The van der Waals surface area contributed by atoms with Crippen molar-refractivity contribution in [3.8, 4) is 11.8 Å². The molecule has 0 heterocycles. The van der Waals surface area contributed by atoms with Crippen LogP contribution >= 0.6 is 0 Å². The zero-order valence-corrected chi connectivity index (χ0v) is 9.52. The van der Waals surface area contributed by atoms with Crippen LogP contribution < -0.4 is 0 Å². The summed E-state index contributed by atoms with van der Waals surface area (Å²) in [6, 6.07) is 0. The van der Waals surface area contributed by atoms with Gasteiger partial charge in [0.15, 0.2) is 0 Å². The molecule has 1 aliphatic rings. The molecule has 1 nitrogen and oxygen atoms in total. The van der Waals surface area contributed by atoms with Gasteiger partial charge < -0.3 is 0 Å². The zero-order valence-electron chi connectivity index (χ0n) is 9.52. The first kappa shape index (κ1) is 11.3. The van der Waals surface area contributed by atoms with Crippen LogP contribution in [-0.2, 0) is 4.79 Å². The molecular formula is C13H20O. The van der Waals surface area contributed by atoms with E-state index >= 15 is 0 Å². The van der Waals surface area contributed by atoms with Crippen LogP contribution in [0.25, 0.3) is 0 Å². The lowest BCUT2D eigenvalue weighted by Crippen LogP contribution is -2.18. The molecule has 1 atom stereocenters. The smallest absolute Gasteiger partial charge is 0.136 e. The van der Waals surface area contributed by atoms with Gasteiger partial charge in [-0.2, -0.15) is 0 Å². The van der Waals surface area contributed by atoms with Gasteiger partial charge in [-0.05, 0) is 33.6 Å². The van der Waals surface area contributed by atoms with Gasteiger partial charge in [-0.25, -0.2) is 0 Å². The van der Waals surface area contributed by atoms with E-state index in [2.05, 4.69) is 32.6 Å². The molecule has 1 aliphatic carbocycles. The molecule has 1 saturated carbocycles. The third kappa shape index (κ3) is 3.96. The molecule has 0 aromatic carbocycles. The van der Waals surface area contributed by atoms with Gasteiger partial charge in [0.05, 0.1) is 0 Å². The van der Waals surface area contributed by atoms with Gasteiger partial charge in [0.2, 0.25) is 0 Å². The second kappa shape index (κ2) is 4.64. The van der Waals surface area contributed by atoms with Crippen molar-refractivity contribution >= 4 is 5.78 Å². The fourth-order valence-corrected chi connectivity index (χ4v) is 1.71. The van der Waals surface area contributed by atoms with Crippen molar-refractivity contribution < 1.29 is 4.79 Å². The van der Waals surface area contributed by atoms with Crippen LogP contribution in [0.2, 0.25) is 0 Å². The summed E-state index contributed by atoms with van der Waals surface area (Å²) in [5, 5.41) is 0. The van der Waals surface area contributed by atoms with Gasteiger partial charge in [-0.3, -0.25) is 4.79 Å². The summed E-state index contributed by atoms with van der Waals surface area (Å²) >= 11 is 0. The highest BCUT2D eigenvalue weighted by Gasteiger charge is 2.20. The minimum atomic E-state index is 0.0672. The molecule has 0 amide bonds. The van der Waals surface area contributed by atoms with Crippen molar-refractivity contribution in [1.29, 1.82) is 0 Å². The third-order valence-electron chi connectivity index (χ3n) is 2.49. The first-order valence-electron chi connectivity index (χ1n) is 5.52. The van der Waals surface area contributed by atoms with E-state index in [1.165, 1.54) is 6.42 Å². The van der Waals surface area contributed by atoms with E-state index < -0.39 is 0 Å². The first-order valence-corrected chi connectivity index (χ1v) is 5.52. The molecule has 0 spiro atoms. The maximum absolute atomic E-state index is 11.5. The number of hydrogen-bond donors (Lipinski definition) is 0. The van der Waals surface area contributed by atoms with Gasteiger partial charge in [0, 0.05) is 24.2 Å². The standard InChI is InChI=1S/C13H20O/c1-13(2,3)10-6-8-11-7-4-5-9-12(11)14/h11H,4-5,7-9H2,1-3H3. The molecule has 0 N–H and O–H groups in total. The van der Waals surface area contributed by atoms with E-state index in [0.717, 1.165) is 25.7 Å². The van der Waals surface area contributed by atoms with Crippen LogP contribution in [0.1, 0.15) is 52.9 Å². The van der Waals surface area contributed by atoms with Gasteiger partial charge in [-0.1, -0.05) is 12.3 Å². The molecular weight excluding hydrogens is 172 g/mol. The Labute approximate surface area is 87.3 Å². The lowest BCUT2D eigenvalue weighted by Gasteiger charge is -2.18. The first-order chi connectivity index (χ1) is 6.49. The monoisotopic (exact) mass is 192 g/mol. The van der Waals surface area contributed by atoms with E-state index in [4.69, 9.17) is 0 Å². The van der Waals surface area contributed by atoms with Gasteiger partial charge in [0.1, 0.15) is 5.78 Å². The van der Waals surface area contributed by atoms with E-state index in [1.807, 2.05) is 0 Å². The Morgan fingerprint density at radius 2 is 2.07 bits per heavy atom. The highest BCUT2D eigenvalue weighted by molar-refractivity contribution is 5.81. The third-order valence-corrected chi connectivity index (χ3v) is 2.49. The number of carbonyl (C=O) groups excluding carboxylic acids is 1. The minimum absolute atomic E-state index is 0.0672. The fraction of sp³-hybridized carbons (Fsp3) is 0.769. The summed E-state index contributed by atoms with van der Waals surface area (Å²) < 4.78 is 0. The molecule has 1 rings (SSSR count). The van der Waals surface area contributed by atoms with Crippen molar-refractivity contribution in [2.45, 2.75) is 52.9 Å². The van der Waals surface area contributed by atoms with E-state index in [1.54, 1.807) is 0 Å². The highest BCUT2D eigenvalue weighted by atomic mass is 16.1. The quantitative estimate of drug-likeness (QED) is 0.583. The van der Waals surface area contributed by atoms with Crippen LogP contribution in [0.5, 0.6) is 0 Å². The second-order valence-corrected chi connectivity index (χ2v) is 5.16. The summed E-state index contributed by atoms with van der Waals surface area (Å²) in [7, 11) is 0. The fourth-order valence-electron chi connectivity index (χ4n) is 1.71. The van der Waals surface area contributed by atoms with Crippen molar-refractivity contribution in [3.63, 3.8) is 0 Å². The normalized spacial score (nSPS) is 22.8. The van der Waals surface area contributed by atoms with Crippen LogP contribution in [0.3, 0.4) is 0 Å². The molecule has 0 aromatic rings. The molecule has 1 unspecified atom stereocenters. The molecule has 0 saturated heterocycles. The number of rotatable bonds is 1. The van der Waals surface area contributed by atoms with Crippen molar-refractivity contribution in [2.75, 3.05) is 0 Å². The topological polar surface area (TPSA) is 17.1 Å². The predicted molar refractivity (Wildman–Crippen MR) is 58.8 cm³/mol. The largest absolute Gasteiger partial charge is 0.299 e. The molecule has 14 heavy (non-hydrogen) atoms. The maximum atomic E-state index is 11.5. The Hall–Kier alpha value is -0.770. The summed E-state index contributed by atoms with van der Waals surface area (Å²) in [5.74, 6) is 7.01. The molecule has 1 fully saturated rings. The van der Waals surface area contributed by atoms with Gasteiger partial charge in [-0.15, -0.1) is 5.92 Å². The van der Waals surface area contributed by atoms with Crippen LogP contribution in [0.15, 0.2) is 0 Å². The van der Waals surface area contributed by atoms with E-state index in [0.29, 0.717) is 5.78 Å². The Morgan fingerprint density at radius 3 is 2.64 bits per heavy atom. The number of Topliss-reactive ketones (excluding diaryl/α,β-unsaturated/α-hetero) is 1. The Balaban J connectivity index is 2.43. The number of ketones is 1. The Morgan fingerprint density at radius 1 is 1.36 bits per heavy atom. The lowest BCUT2D eigenvalue weighted by molar-refractivity contribution is -0.124. The highest BCUT2D eigenvalue weighted by Crippen LogP contribution is 2.23. The molecule has 1 heteroatoms. The van der Waals surface area contributed by atoms with E-state index in [-0.39, 0.29) is 11.3 Å². The predicted octanol–water partition coefficient (Wildman–Crippen LogP) is 3.19. The summed E-state index contributed by atoms with van der Waals surface area (Å²) in [6.45, 7) is 6.30. The molecule has 0 bridgehead atoms. The second-order valence-electron chi connectivity index (χ2n) is 5.16.